The number of aliphatic hydroxyl groups excluding tert-OH is 1. The fraction of sp³-hybridized carbons (Fsp3) is 0.545. The van der Waals surface area contributed by atoms with Crippen molar-refractivity contribution in [3.05, 3.63) is 35.9 Å². The van der Waals surface area contributed by atoms with Crippen LogP contribution in [0.3, 0.4) is 0 Å². The van der Waals surface area contributed by atoms with E-state index in [1.54, 1.807) is 24.2 Å². The number of pyridine rings is 1. The molecule has 2 aromatic heterocycles. The Balaban J connectivity index is 1.56. The van der Waals surface area contributed by atoms with Crippen LogP contribution in [0.25, 0.3) is 5.69 Å². The van der Waals surface area contributed by atoms with Crippen molar-refractivity contribution in [1.29, 1.82) is 0 Å². The van der Waals surface area contributed by atoms with Gasteiger partial charge in [0, 0.05) is 18.1 Å². The number of aliphatic hydroxyl groups is 1. The summed E-state index contributed by atoms with van der Waals surface area (Å²) in [6, 6.07) is 3.87. The van der Waals surface area contributed by atoms with E-state index in [1.165, 1.54) is 25.7 Å². The summed E-state index contributed by atoms with van der Waals surface area (Å²) < 4.78 is 13.3. The van der Waals surface area contributed by atoms with Gasteiger partial charge >= 0.3 is 0 Å². The number of hydrogen-bond donors (Lipinski definition) is 1. The van der Waals surface area contributed by atoms with E-state index in [9.17, 15) is 5.11 Å². The minimum atomic E-state index is -0.156. The van der Waals surface area contributed by atoms with Gasteiger partial charge in [-0.2, -0.15) is 0 Å². The Labute approximate surface area is 176 Å². The summed E-state index contributed by atoms with van der Waals surface area (Å²) in [7, 11) is 0. The molecular weight excluding hydrogens is 386 g/mol. The third kappa shape index (κ3) is 5.20. The van der Waals surface area contributed by atoms with Crippen molar-refractivity contribution in [2.24, 2.45) is 0 Å². The first-order chi connectivity index (χ1) is 14.3. The highest BCUT2D eigenvalue weighted by molar-refractivity contribution is 7.99. The van der Waals surface area contributed by atoms with Gasteiger partial charge in [-0.15, -0.1) is 0 Å². The lowest BCUT2D eigenvalue weighted by molar-refractivity contribution is -0.154. The number of imidazole rings is 1. The maximum absolute atomic E-state index is 10.1. The van der Waals surface area contributed by atoms with Gasteiger partial charge in [0.1, 0.15) is 12.3 Å². The van der Waals surface area contributed by atoms with Crippen molar-refractivity contribution in [2.45, 2.75) is 68.2 Å². The number of ether oxygens (including phenoxy) is 2. The lowest BCUT2D eigenvalue weighted by atomic mass is 10.2. The maximum Gasteiger partial charge on any atom is 0.174 e. The van der Waals surface area contributed by atoms with Crippen LogP contribution in [0, 0.1) is 11.8 Å². The molecule has 1 aliphatic carbocycles. The van der Waals surface area contributed by atoms with Gasteiger partial charge in [-0.3, -0.25) is 9.55 Å². The van der Waals surface area contributed by atoms with Crippen LogP contribution in [-0.4, -0.2) is 44.4 Å². The predicted octanol–water partition coefficient (Wildman–Crippen LogP) is 3.69. The first-order valence-corrected chi connectivity index (χ1v) is 11.2. The zero-order valence-electron chi connectivity index (χ0n) is 16.5. The highest BCUT2D eigenvalue weighted by Gasteiger charge is 2.23. The second kappa shape index (κ2) is 10.3. The van der Waals surface area contributed by atoms with Crippen LogP contribution >= 0.6 is 11.8 Å². The molecule has 154 valence electrons. The maximum atomic E-state index is 10.1. The molecule has 1 N–H and O–H groups in total. The first kappa shape index (κ1) is 20.4. The van der Waals surface area contributed by atoms with Crippen LogP contribution in [0.4, 0.5) is 0 Å². The first-order valence-electron chi connectivity index (χ1n) is 10.4. The summed E-state index contributed by atoms with van der Waals surface area (Å²) >= 11 is 1.78. The quantitative estimate of drug-likeness (QED) is 0.729. The lowest BCUT2D eigenvalue weighted by Gasteiger charge is -2.21. The summed E-state index contributed by atoms with van der Waals surface area (Å²) in [6.07, 6.45) is 11.5. The normalized spacial score (nSPS) is 19.8. The topological polar surface area (TPSA) is 69.4 Å². The Morgan fingerprint density at radius 3 is 2.83 bits per heavy atom. The fourth-order valence-electron chi connectivity index (χ4n) is 3.76. The molecule has 1 saturated heterocycles. The molecule has 1 saturated carbocycles. The molecule has 2 fully saturated rings. The summed E-state index contributed by atoms with van der Waals surface area (Å²) in [6.45, 7) is 0.911. The van der Waals surface area contributed by atoms with Crippen LogP contribution in [0.2, 0.25) is 0 Å². The monoisotopic (exact) mass is 413 g/mol. The van der Waals surface area contributed by atoms with E-state index in [2.05, 4.69) is 16.8 Å². The molecule has 1 unspecified atom stereocenters. The van der Waals surface area contributed by atoms with Crippen molar-refractivity contribution in [3.8, 4) is 17.5 Å². The van der Waals surface area contributed by atoms with Gasteiger partial charge in [0.2, 0.25) is 0 Å². The van der Waals surface area contributed by atoms with Crippen molar-refractivity contribution in [3.63, 3.8) is 0 Å². The molecule has 4 rings (SSSR count). The molecule has 3 heterocycles. The van der Waals surface area contributed by atoms with Gasteiger partial charge < -0.3 is 14.6 Å². The second-order valence-electron chi connectivity index (χ2n) is 7.33. The Kier molecular flexibility index (Phi) is 7.23. The Morgan fingerprint density at radius 1 is 1.24 bits per heavy atom. The van der Waals surface area contributed by atoms with Crippen LogP contribution in [0.15, 0.2) is 29.7 Å². The number of hydrogen-bond acceptors (Lipinski definition) is 6. The minimum Gasteiger partial charge on any atom is -0.390 e. The van der Waals surface area contributed by atoms with Crippen molar-refractivity contribution in [1.82, 2.24) is 14.5 Å². The zero-order chi connectivity index (χ0) is 19.9. The Morgan fingerprint density at radius 2 is 2.10 bits per heavy atom. The molecule has 0 spiro atoms. The van der Waals surface area contributed by atoms with E-state index in [0.717, 1.165) is 36.7 Å². The summed E-state index contributed by atoms with van der Waals surface area (Å²) in [5.41, 5.74) is 2.19. The zero-order valence-corrected chi connectivity index (χ0v) is 17.4. The Hall–Kier alpha value is -1.85. The molecule has 29 heavy (non-hydrogen) atoms. The smallest absolute Gasteiger partial charge is 0.174 e. The van der Waals surface area contributed by atoms with Crippen molar-refractivity contribution in [2.75, 3.05) is 13.2 Å². The molecular formula is C22H27N3O3S. The highest BCUT2D eigenvalue weighted by atomic mass is 32.2. The summed E-state index contributed by atoms with van der Waals surface area (Å²) in [4.78, 5) is 9.02. The third-order valence-corrected chi connectivity index (χ3v) is 6.55. The average molecular weight is 414 g/mol. The van der Waals surface area contributed by atoms with Gasteiger partial charge in [0.25, 0.3) is 0 Å². The lowest BCUT2D eigenvalue weighted by Crippen LogP contribution is -2.22. The Bertz CT molecular complexity index is 847. The molecule has 7 heteroatoms. The van der Waals surface area contributed by atoms with Crippen LogP contribution in [-0.2, 0) is 16.1 Å². The predicted molar refractivity (Wildman–Crippen MR) is 112 cm³/mol. The molecule has 2 aromatic rings. The van der Waals surface area contributed by atoms with E-state index < -0.39 is 0 Å². The van der Waals surface area contributed by atoms with E-state index in [-0.39, 0.29) is 12.9 Å². The molecule has 1 atom stereocenters. The van der Waals surface area contributed by atoms with E-state index in [0.29, 0.717) is 23.2 Å². The average Bonchev–Trinajstić information content (AvgIpc) is 3.40. The van der Waals surface area contributed by atoms with Crippen LogP contribution in [0.5, 0.6) is 0 Å². The van der Waals surface area contributed by atoms with Crippen molar-refractivity contribution >= 4 is 11.8 Å². The van der Waals surface area contributed by atoms with Gasteiger partial charge in [-0.1, -0.05) is 30.5 Å². The number of aromatic nitrogens is 3. The summed E-state index contributed by atoms with van der Waals surface area (Å²) in [5, 5.41) is 11.5. The SMILES string of the molecule is OCc1c(C#CCOC2CCCCO2)nc(SC2CCCC2)n1-c1cccnc1. The third-order valence-electron chi connectivity index (χ3n) is 5.26. The minimum absolute atomic E-state index is 0.135. The fourth-order valence-corrected chi connectivity index (χ4v) is 5.09. The second-order valence-corrected chi connectivity index (χ2v) is 8.60. The molecule has 1 aliphatic heterocycles. The molecule has 2 aliphatic rings. The van der Waals surface area contributed by atoms with Gasteiger partial charge in [-0.25, -0.2) is 4.98 Å². The molecule has 0 bridgehead atoms. The number of nitrogens with zero attached hydrogens (tertiary/aromatic N) is 3. The summed E-state index contributed by atoms with van der Waals surface area (Å²) in [5.74, 6) is 6.15. The molecule has 6 nitrogen and oxygen atoms in total. The number of rotatable bonds is 6. The van der Waals surface area contributed by atoms with E-state index in [4.69, 9.17) is 14.5 Å². The molecule has 0 radical (unpaired) electrons. The van der Waals surface area contributed by atoms with Crippen LogP contribution in [0.1, 0.15) is 56.3 Å². The highest BCUT2D eigenvalue weighted by Crippen LogP contribution is 2.36. The van der Waals surface area contributed by atoms with E-state index in [1.807, 2.05) is 16.7 Å². The molecule has 0 amide bonds. The molecule has 0 aromatic carbocycles. The van der Waals surface area contributed by atoms with Crippen molar-refractivity contribution < 1.29 is 14.6 Å². The number of thioether (sulfide) groups is 1. The van der Waals surface area contributed by atoms with E-state index >= 15 is 0 Å². The largest absolute Gasteiger partial charge is 0.390 e. The van der Waals surface area contributed by atoms with Gasteiger partial charge in [0.15, 0.2) is 11.4 Å². The van der Waals surface area contributed by atoms with Gasteiger partial charge in [-0.05, 0) is 50.2 Å². The van der Waals surface area contributed by atoms with Crippen LogP contribution < -0.4 is 0 Å². The standard InChI is InChI=1S/C22H27N3O3S/c26-16-20-19(10-6-14-28-21-11-3-4-13-27-21)24-22(29-18-8-1-2-9-18)25(20)17-7-5-12-23-15-17/h5,7,12,15,18,21,26H,1-4,8-9,11,13-14,16H2. The van der Waals surface area contributed by atoms with Gasteiger partial charge in [0.05, 0.1) is 24.2 Å².